The Morgan fingerprint density at radius 1 is 0.810 bits per heavy atom. The molecule has 0 spiro atoms. The molecule has 0 saturated heterocycles. The van der Waals surface area contributed by atoms with Gasteiger partial charge >= 0.3 is 0 Å². The first-order valence-corrected chi connectivity index (χ1v) is 13.5. The number of hydrogen-bond acceptors (Lipinski definition) is 5. The van der Waals surface area contributed by atoms with Crippen LogP contribution in [0.2, 0.25) is 0 Å². The van der Waals surface area contributed by atoms with Crippen LogP contribution >= 0.6 is 12.4 Å². The Morgan fingerprint density at radius 2 is 1.26 bits per heavy atom. The fourth-order valence-electron chi connectivity index (χ4n) is 5.23. The van der Waals surface area contributed by atoms with E-state index in [1.165, 1.54) is 12.1 Å². The number of rotatable bonds is 7. The zero-order valence-corrected chi connectivity index (χ0v) is 23.8. The first kappa shape index (κ1) is 30.7. The third-order valence-corrected chi connectivity index (χ3v) is 7.55. The number of nitrogens with zero attached hydrogens (tertiary/aromatic N) is 5. The van der Waals surface area contributed by atoms with Crippen molar-refractivity contribution in [1.82, 2.24) is 24.6 Å². The Kier molecular flexibility index (Phi) is 9.59. The van der Waals surface area contributed by atoms with Gasteiger partial charge in [0, 0.05) is 39.3 Å². The molecular formula is C29H34ClF2N9O. The predicted molar refractivity (Wildman–Crippen MR) is 162 cm³/mol. The van der Waals surface area contributed by atoms with Crippen molar-refractivity contribution in [2.75, 3.05) is 32.8 Å². The number of aliphatic hydroxyl groups is 1. The molecular weight excluding hydrogens is 564 g/mol. The zero-order valence-electron chi connectivity index (χ0n) is 23.0. The number of halogens is 3. The summed E-state index contributed by atoms with van der Waals surface area (Å²) in [4.78, 5) is 3.47. The Hall–Kier alpha value is -4.29. The van der Waals surface area contributed by atoms with Crippen LogP contribution in [-0.4, -0.2) is 74.4 Å². The molecule has 2 aliphatic heterocycles. The van der Waals surface area contributed by atoms with Gasteiger partial charge < -0.3 is 30.9 Å². The first-order chi connectivity index (χ1) is 19.8. The van der Waals surface area contributed by atoms with Gasteiger partial charge in [-0.05, 0) is 65.8 Å². The van der Waals surface area contributed by atoms with E-state index in [1.54, 1.807) is 26.5 Å². The Balaban J connectivity index is 0.00000405. The molecule has 7 N–H and O–H groups in total. The van der Waals surface area contributed by atoms with Gasteiger partial charge in [0.15, 0.2) is 23.6 Å². The number of guanidine groups is 2. The molecule has 0 amide bonds. The highest BCUT2D eigenvalue weighted by Crippen LogP contribution is 2.32. The van der Waals surface area contributed by atoms with Crippen LogP contribution in [0.3, 0.4) is 0 Å². The second-order valence-electron chi connectivity index (χ2n) is 10.1. The third-order valence-electron chi connectivity index (χ3n) is 7.55. The van der Waals surface area contributed by atoms with Crippen molar-refractivity contribution in [2.45, 2.75) is 25.8 Å². The Morgan fingerprint density at radius 3 is 1.60 bits per heavy atom. The first-order valence-electron chi connectivity index (χ1n) is 13.5. The number of hydrogen-bond donors (Lipinski definition) is 5. The summed E-state index contributed by atoms with van der Waals surface area (Å²) < 4.78 is 32.6. The summed E-state index contributed by atoms with van der Waals surface area (Å²) in [5.74, 6) is -0.445. The average molecular weight is 598 g/mol. The van der Waals surface area contributed by atoms with E-state index in [1.807, 2.05) is 24.3 Å². The lowest BCUT2D eigenvalue weighted by atomic mass is 9.97. The molecule has 3 heterocycles. The van der Waals surface area contributed by atoms with Crippen LogP contribution in [-0.2, 0) is 6.54 Å². The Bertz CT molecular complexity index is 1440. The summed E-state index contributed by atoms with van der Waals surface area (Å²) in [5.41, 5.74) is 15.0. The van der Waals surface area contributed by atoms with Gasteiger partial charge in [-0.2, -0.15) is 0 Å². The summed E-state index contributed by atoms with van der Waals surface area (Å²) in [6, 6.07) is 9.83. The normalized spacial score (nSPS) is 15.1. The third kappa shape index (κ3) is 6.29. The van der Waals surface area contributed by atoms with Crippen LogP contribution in [0.5, 0.6) is 0 Å². The lowest BCUT2D eigenvalue weighted by Gasteiger charge is -2.26. The van der Waals surface area contributed by atoms with E-state index in [-0.39, 0.29) is 60.3 Å². The van der Waals surface area contributed by atoms with Gasteiger partial charge in [0.1, 0.15) is 11.6 Å². The molecule has 2 aromatic carbocycles. The fraction of sp³-hybridized carbons (Fsp3) is 0.310. The second kappa shape index (κ2) is 13.1. The zero-order chi connectivity index (χ0) is 29.1. The van der Waals surface area contributed by atoms with Crippen LogP contribution in [0.4, 0.5) is 8.78 Å². The highest BCUT2D eigenvalue weighted by atomic mass is 35.5. The molecule has 0 unspecified atom stereocenters. The van der Waals surface area contributed by atoms with Crippen molar-refractivity contribution in [2.24, 2.45) is 11.5 Å². The van der Waals surface area contributed by atoms with Gasteiger partial charge in [-0.1, -0.05) is 24.3 Å². The number of aliphatic hydroxyl groups excluding tert-OH is 1. The minimum atomic E-state index is -0.485. The largest absolute Gasteiger partial charge is 0.396 e. The maximum Gasteiger partial charge on any atom is 0.188 e. The predicted octanol–water partition coefficient (Wildman–Crippen LogP) is 3.66. The van der Waals surface area contributed by atoms with Crippen molar-refractivity contribution in [3.05, 3.63) is 71.3 Å². The monoisotopic (exact) mass is 597 g/mol. The lowest BCUT2D eigenvalue weighted by molar-refractivity contribution is 0.280. The van der Waals surface area contributed by atoms with Gasteiger partial charge in [0.2, 0.25) is 0 Å². The summed E-state index contributed by atoms with van der Waals surface area (Å²) in [6.45, 7) is 2.33. The van der Waals surface area contributed by atoms with E-state index in [0.717, 1.165) is 22.3 Å². The molecule has 0 atom stereocenters. The quantitative estimate of drug-likeness (QED) is 0.205. The van der Waals surface area contributed by atoms with E-state index >= 15 is 8.78 Å². The molecule has 0 saturated carbocycles. The maximum atomic E-state index is 15.5. The summed E-state index contributed by atoms with van der Waals surface area (Å²) in [7, 11) is 0. The van der Waals surface area contributed by atoms with Gasteiger partial charge in [0.25, 0.3) is 0 Å². The van der Waals surface area contributed by atoms with E-state index in [0.29, 0.717) is 45.4 Å². The lowest BCUT2D eigenvalue weighted by Crippen LogP contribution is -2.39. The van der Waals surface area contributed by atoms with Crippen molar-refractivity contribution < 1.29 is 13.9 Å². The smallest absolute Gasteiger partial charge is 0.188 e. The highest BCUT2D eigenvalue weighted by molar-refractivity contribution is 5.85. The van der Waals surface area contributed by atoms with Gasteiger partial charge in [-0.25, -0.2) is 8.78 Å². The van der Waals surface area contributed by atoms with Crippen LogP contribution < -0.4 is 11.5 Å². The standard InChI is InChI=1S/C29H33F2N9O.ClH/c30-24-16-20(18-6-11-38(12-7-18)28(32)33)2-4-22(24)26-36-37-27(40(26)10-1-15-41)23-5-3-21(17-25(23)31)19-8-13-39(14-9-19)29(34)35;/h2-6,8,16-17,41H,1,7,9-15H2,(H3,32,33)(H3,34,35);1H. The fourth-order valence-corrected chi connectivity index (χ4v) is 5.23. The molecule has 222 valence electrons. The number of benzene rings is 2. The molecule has 42 heavy (non-hydrogen) atoms. The van der Waals surface area contributed by atoms with Crippen molar-refractivity contribution in [3.63, 3.8) is 0 Å². The number of aromatic nitrogens is 3. The van der Waals surface area contributed by atoms with Crippen molar-refractivity contribution in [1.29, 1.82) is 10.8 Å². The molecule has 0 aliphatic carbocycles. The van der Waals surface area contributed by atoms with Crippen molar-refractivity contribution in [3.8, 4) is 22.8 Å². The molecule has 0 bridgehead atoms. The summed E-state index contributed by atoms with van der Waals surface area (Å²) >= 11 is 0. The van der Waals surface area contributed by atoms with Crippen LogP contribution in [0.25, 0.3) is 33.9 Å². The molecule has 5 rings (SSSR count). The van der Waals surface area contributed by atoms with E-state index < -0.39 is 11.6 Å². The topological polar surface area (TPSA) is 157 Å². The van der Waals surface area contributed by atoms with Crippen molar-refractivity contribution >= 4 is 35.5 Å². The van der Waals surface area contributed by atoms with Crippen LogP contribution in [0.1, 0.15) is 30.4 Å². The molecule has 1 aromatic heterocycles. The highest BCUT2D eigenvalue weighted by Gasteiger charge is 2.22. The Labute approximate surface area is 248 Å². The van der Waals surface area contributed by atoms with E-state index in [4.69, 9.17) is 22.3 Å². The van der Waals surface area contributed by atoms with Gasteiger partial charge in [-0.15, -0.1) is 22.6 Å². The maximum absolute atomic E-state index is 15.5. The minimum absolute atomic E-state index is 0. The average Bonchev–Trinajstić information content (AvgIpc) is 3.39. The molecule has 2 aliphatic rings. The SMILES string of the molecule is Cl.N=C(N)N1CC=C(c2ccc(-c3nnc(-c4ccc(C5=CCN(C(=N)N)CC5)cc4F)n3CCCO)c(F)c2)CC1. The summed E-state index contributed by atoms with van der Waals surface area (Å²) in [6.07, 6.45) is 5.51. The molecule has 0 radical (unpaired) electrons. The van der Waals surface area contributed by atoms with Gasteiger partial charge in [0.05, 0.1) is 11.1 Å². The molecule has 0 fully saturated rings. The number of nitrogens with two attached hydrogens (primary N) is 2. The molecule has 10 nitrogen and oxygen atoms in total. The van der Waals surface area contributed by atoms with Crippen LogP contribution in [0, 0.1) is 22.5 Å². The van der Waals surface area contributed by atoms with E-state index in [2.05, 4.69) is 10.2 Å². The summed E-state index contributed by atoms with van der Waals surface area (Å²) in [5, 5.41) is 33.2. The van der Waals surface area contributed by atoms with Gasteiger partial charge in [-0.3, -0.25) is 10.8 Å². The van der Waals surface area contributed by atoms with Crippen LogP contribution in [0.15, 0.2) is 48.6 Å². The van der Waals surface area contributed by atoms with E-state index in [9.17, 15) is 5.11 Å². The second-order valence-corrected chi connectivity index (χ2v) is 10.1. The minimum Gasteiger partial charge on any atom is -0.396 e. The number of nitrogens with one attached hydrogen (secondary N) is 2. The molecule has 3 aromatic rings. The molecule has 13 heteroatoms.